The molecule has 1 aliphatic carbocycles. The number of carbonyl (C=O) groups excluding carboxylic acids is 3. The third kappa shape index (κ3) is 14.3. The number of nitrogens with one attached hydrogen (secondary N) is 5. The molecular weight excluding hydrogens is 914 g/mol. The fourth-order valence-corrected chi connectivity index (χ4v) is 9.67. The average Bonchev–Trinajstić information content (AvgIpc) is 3.28. The number of hydrogen-bond acceptors (Lipinski definition) is 10. The molecule has 1 aromatic heterocycles. The monoisotopic (exact) mass is 981 g/mol. The second-order valence-corrected chi connectivity index (χ2v) is 25.3. The van der Waals surface area contributed by atoms with Crippen LogP contribution >= 0.6 is 11.6 Å². The summed E-state index contributed by atoms with van der Waals surface area (Å²) in [5.74, 6) is 0.137. The van der Waals surface area contributed by atoms with Crippen molar-refractivity contribution in [3.63, 3.8) is 0 Å². The van der Waals surface area contributed by atoms with Crippen LogP contribution in [0, 0.1) is 0 Å². The highest BCUT2D eigenvalue weighted by Crippen LogP contribution is 2.41. The van der Waals surface area contributed by atoms with Crippen molar-refractivity contribution in [2.24, 2.45) is 0 Å². The molecular formula is C53H68ClN5O9Si. The number of pyridine rings is 1. The number of aryl methyl sites for hydroxylation is 1. The van der Waals surface area contributed by atoms with Gasteiger partial charge in [-0.15, -0.1) is 0 Å². The predicted molar refractivity (Wildman–Crippen MR) is 275 cm³/mol. The minimum atomic E-state index is -2.31. The van der Waals surface area contributed by atoms with Crippen LogP contribution in [-0.2, 0) is 26.9 Å². The number of hydrogen-bond donors (Lipinski definition) is 6. The number of aromatic amines is 1. The zero-order valence-electron chi connectivity index (χ0n) is 41.3. The maximum absolute atomic E-state index is 13.5. The molecule has 0 radical (unpaired) electrons. The minimum Gasteiger partial charge on any atom is -0.506 e. The minimum absolute atomic E-state index is 0.0195. The van der Waals surface area contributed by atoms with Crippen LogP contribution in [0.4, 0.5) is 15.3 Å². The van der Waals surface area contributed by atoms with Gasteiger partial charge in [0.1, 0.15) is 23.2 Å². The molecule has 69 heavy (non-hydrogen) atoms. The molecule has 0 aliphatic heterocycles. The van der Waals surface area contributed by atoms with Gasteiger partial charge in [0.2, 0.25) is 5.56 Å². The number of alkyl carbamates (subject to hydrolysis) is 1. The third-order valence-corrected chi connectivity index (χ3v) is 17.6. The number of fused-ring (bicyclic) bond motifs is 1. The Hall–Kier alpha value is -5.87. The first-order valence-corrected chi connectivity index (χ1v) is 26.9. The predicted octanol–water partition coefficient (Wildman–Crippen LogP) is 11.2. The summed E-state index contributed by atoms with van der Waals surface area (Å²) in [5.41, 5.74) is 4.70. The van der Waals surface area contributed by atoms with Gasteiger partial charge in [-0.25, -0.2) is 9.59 Å². The van der Waals surface area contributed by atoms with E-state index in [9.17, 15) is 24.3 Å². The van der Waals surface area contributed by atoms with Crippen molar-refractivity contribution in [2.45, 2.75) is 129 Å². The number of halogens is 1. The Labute approximate surface area is 411 Å². The Kier molecular flexibility index (Phi) is 17.3. The highest BCUT2D eigenvalue weighted by Gasteiger charge is 2.40. The lowest BCUT2D eigenvalue weighted by Gasteiger charge is -2.39. The lowest BCUT2D eigenvalue weighted by molar-refractivity contribution is 0.0440. The van der Waals surface area contributed by atoms with Gasteiger partial charge in [-0.1, -0.05) is 80.9 Å². The summed E-state index contributed by atoms with van der Waals surface area (Å²) in [4.78, 5) is 54.0. The molecule has 1 atom stereocenters. The summed E-state index contributed by atoms with van der Waals surface area (Å²) in [6.07, 6.45) is 2.11. The van der Waals surface area contributed by atoms with E-state index in [0.717, 1.165) is 27.8 Å². The lowest BCUT2D eigenvalue weighted by Crippen LogP contribution is -2.43. The molecule has 14 nitrogen and oxygen atoms in total. The van der Waals surface area contributed by atoms with Gasteiger partial charge in [-0.2, -0.15) is 0 Å². The number of phenols is 1. The third-order valence-electron chi connectivity index (χ3n) is 12.8. The molecule has 16 heteroatoms. The number of anilines is 1. The number of ether oxygens (including phenoxy) is 3. The number of aromatic nitrogens is 1. The Balaban J connectivity index is 1.05. The summed E-state index contributed by atoms with van der Waals surface area (Å²) in [5, 5.41) is 23.9. The van der Waals surface area contributed by atoms with Crippen LogP contribution < -0.4 is 31.6 Å². The van der Waals surface area contributed by atoms with Crippen molar-refractivity contribution in [3.05, 3.63) is 123 Å². The van der Waals surface area contributed by atoms with E-state index >= 15 is 0 Å². The van der Waals surface area contributed by atoms with Crippen molar-refractivity contribution in [1.29, 1.82) is 0 Å². The number of phenolic OH excluding ortho intramolecular Hbond substituents is 1. The van der Waals surface area contributed by atoms with Crippen LogP contribution in [0.3, 0.4) is 0 Å². The molecule has 5 aromatic rings. The summed E-state index contributed by atoms with van der Waals surface area (Å²) < 4.78 is 24.0. The number of aromatic hydroxyl groups is 1. The second kappa shape index (κ2) is 22.7. The molecule has 370 valence electrons. The van der Waals surface area contributed by atoms with Gasteiger partial charge in [-0.05, 0) is 124 Å². The van der Waals surface area contributed by atoms with Gasteiger partial charge >= 0.3 is 12.2 Å². The van der Waals surface area contributed by atoms with Crippen LogP contribution in [0.2, 0.25) is 23.2 Å². The Morgan fingerprint density at radius 3 is 2.30 bits per heavy atom. The van der Waals surface area contributed by atoms with E-state index in [1.807, 2.05) is 75.4 Å². The van der Waals surface area contributed by atoms with Gasteiger partial charge in [-0.3, -0.25) is 14.9 Å². The SMILES string of the molecule is COc1cc(C(=O)NCCCc2ccc(-c3ccccc3)c(NC(=O)O[C@H]3CC[C@H](NC(=O)OC(C)(C)C)CC3)c2)c(Cl)cc1CNC[C@H](O[Si](C)(C)C(C)(C)C)c1ccc(O)c2[nH]c(=O)ccc12. The van der Waals surface area contributed by atoms with E-state index in [1.165, 1.54) is 6.07 Å². The highest BCUT2D eigenvalue weighted by atomic mass is 35.5. The zero-order valence-corrected chi connectivity index (χ0v) is 43.0. The molecule has 0 spiro atoms. The number of carbonyl (C=O) groups is 3. The summed E-state index contributed by atoms with van der Waals surface area (Å²) in [7, 11) is -0.761. The van der Waals surface area contributed by atoms with E-state index in [1.54, 1.807) is 31.4 Å². The first kappa shape index (κ1) is 52.5. The van der Waals surface area contributed by atoms with Crippen LogP contribution in [0.5, 0.6) is 11.5 Å². The van der Waals surface area contributed by atoms with E-state index in [2.05, 4.69) is 60.1 Å². The molecule has 6 N–H and O–H groups in total. The molecule has 0 saturated heterocycles. The number of methoxy groups -OCH3 is 1. The topological polar surface area (TPSA) is 189 Å². The van der Waals surface area contributed by atoms with E-state index in [-0.39, 0.29) is 45.0 Å². The van der Waals surface area contributed by atoms with Crippen molar-refractivity contribution in [3.8, 4) is 22.6 Å². The number of H-pyrrole nitrogens is 1. The van der Waals surface area contributed by atoms with Gasteiger partial charge in [0.25, 0.3) is 5.91 Å². The normalized spacial score (nSPS) is 15.8. The van der Waals surface area contributed by atoms with Crippen LogP contribution in [0.1, 0.15) is 107 Å². The molecule has 1 fully saturated rings. The standard InChI is InChI=1S/C53H68ClN5O9Si/c1-52(2,3)67-51(64)57-36-18-20-37(21-19-36)66-50(63)58-43-28-33(17-22-38(43)34-15-11-10-12-16-34)14-13-27-56-49(62)41-30-45(65-7)35(29-42(41)54)31-55-32-46(68-69(8,9)53(4,5)6)39-23-25-44(60)48-40(39)24-26-47(61)59-48/h10-12,15-17,22-26,28-30,36-37,46,55,60H,13-14,18-21,27,31-32H2,1-9H3,(H,56,62)(H,57,64)(H,58,63)(H,59,61)/t36-,37-,46-/m0/s1. The summed E-state index contributed by atoms with van der Waals surface area (Å²) >= 11 is 6.78. The quantitative estimate of drug-likeness (QED) is 0.0386. The first-order valence-electron chi connectivity index (χ1n) is 23.6. The maximum Gasteiger partial charge on any atom is 0.411 e. The lowest BCUT2D eigenvalue weighted by atomic mass is 9.93. The highest BCUT2D eigenvalue weighted by molar-refractivity contribution is 6.74. The largest absolute Gasteiger partial charge is 0.506 e. The van der Waals surface area contributed by atoms with E-state index in [0.29, 0.717) is 80.5 Å². The maximum atomic E-state index is 13.5. The fourth-order valence-electron chi connectivity index (χ4n) is 8.12. The van der Waals surface area contributed by atoms with Crippen molar-refractivity contribution >= 4 is 54.6 Å². The zero-order chi connectivity index (χ0) is 50.1. The Morgan fingerprint density at radius 2 is 1.62 bits per heavy atom. The van der Waals surface area contributed by atoms with E-state index < -0.39 is 32.2 Å². The van der Waals surface area contributed by atoms with Crippen LogP contribution in [0.25, 0.3) is 22.0 Å². The average molecular weight is 983 g/mol. The number of amides is 3. The summed E-state index contributed by atoms with van der Waals surface area (Å²) in [6, 6.07) is 25.6. The molecule has 6 rings (SSSR count). The Bertz CT molecular complexity index is 2660. The molecule has 4 aromatic carbocycles. The van der Waals surface area contributed by atoms with Crippen LogP contribution in [-0.4, -0.2) is 74.4 Å². The van der Waals surface area contributed by atoms with Gasteiger partial charge in [0.15, 0.2) is 8.32 Å². The first-order chi connectivity index (χ1) is 32.6. The molecule has 1 saturated carbocycles. The summed E-state index contributed by atoms with van der Waals surface area (Å²) in [6.45, 7) is 17.5. The van der Waals surface area contributed by atoms with Gasteiger partial charge in [0, 0.05) is 48.3 Å². The van der Waals surface area contributed by atoms with Gasteiger partial charge in [0.05, 0.1) is 35.0 Å². The van der Waals surface area contributed by atoms with Crippen molar-refractivity contribution < 1.29 is 38.1 Å². The van der Waals surface area contributed by atoms with Gasteiger partial charge < -0.3 is 44.7 Å². The molecule has 0 unspecified atom stereocenters. The molecule has 0 bridgehead atoms. The van der Waals surface area contributed by atoms with Crippen molar-refractivity contribution in [1.82, 2.24) is 20.9 Å². The number of benzene rings is 4. The van der Waals surface area contributed by atoms with E-state index in [4.69, 9.17) is 30.2 Å². The molecule has 1 aliphatic rings. The van der Waals surface area contributed by atoms with Crippen LogP contribution in [0.15, 0.2) is 89.7 Å². The molecule has 1 heterocycles. The van der Waals surface area contributed by atoms with Crippen molar-refractivity contribution in [2.75, 3.05) is 25.5 Å². The fraction of sp³-hybridized carbons (Fsp3) is 0.434. The smallest absolute Gasteiger partial charge is 0.411 e. The second-order valence-electron chi connectivity index (χ2n) is 20.2. The Morgan fingerprint density at radius 1 is 0.899 bits per heavy atom. The number of rotatable bonds is 17. The molecule has 3 amide bonds.